The second-order valence-corrected chi connectivity index (χ2v) is 6.07. The van der Waals surface area contributed by atoms with E-state index >= 15 is 0 Å². The lowest BCUT2D eigenvalue weighted by atomic mass is 10.1. The Bertz CT molecular complexity index is 630. The summed E-state index contributed by atoms with van der Waals surface area (Å²) in [5.41, 5.74) is 5.49. The molecule has 3 rings (SSSR count). The van der Waals surface area contributed by atoms with Gasteiger partial charge in [-0.05, 0) is 31.0 Å². The first kappa shape index (κ1) is 14.8. The normalized spacial score (nSPS) is 20.9. The predicted molar refractivity (Wildman–Crippen MR) is 80.9 cm³/mol. The number of nitrogens with one attached hydrogen (secondary N) is 2. The summed E-state index contributed by atoms with van der Waals surface area (Å²) in [5, 5.41) is 0.537. The SMILES string of the molecule is O=C(NNC(=O)C1CC(=O)N(c2cccc(Cl)c2)C1)C1CC1. The summed E-state index contributed by atoms with van der Waals surface area (Å²) in [7, 11) is 0. The van der Waals surface area contributed by atoms with Gasteiger partial charge in [0.1, 0.15) is 0 Å². The van der Waals surface area contributed by atoms with Crippen molar-refractivity contribution in [1.29, 1.82) is 0 Å². The molecule has 1 aliphatic heterocycles. The summed E-state index contributed by atoms with van der Waals surface area (Å²) in [6.07, 6.45) is 1.86. The molecule has 1 aliphatic carbocycles. The van der Waals surface area contributed by atoms with E-state index in [9.17, 15) is 14.4 Å². The smallest absolute Gasteiger partial charge is 0.243 e. The van der Waals surface area contributed by atoms with E-state index < -0.39 is 5.92 Å². The van der Waals surface area contributed by atoms with Crippen molar-refractivity contribution in [3.63, 3.8) is 0 Å². The molecule has 3 amide bonds. The van der Waals surface area contributed by atoms with Gasteiger partial charge < -0.3 is 4.90 Å². The fourth-order valence-electron chi connectivity index (χ4n) is 2.45. The zero-order chi connectivity index (χ0) is 15.7. The molecule has 1 heterocycles. The summed E-state index contributed by atoms with van der Waals surface area (Å²) >= 11 is 5.93. The summed E-state index contributed by atoms with van der Waals surface area (Å²) in [6, 6.07) is 6.95. The zero-order valence-electron chi connectivity index (χ0n) is 11.8. The monoisotopic (exact) mass is 321 g/mol. The Morgan fingerprint density at radius 2 is 1.82 bits per heavy atom. The standard InChI is InChI=1S/C15H16ClN3O3/c16-11-2-1-3-12(7-11)19-8-10(6-13(19)20)15(22)18-17-14(21)9-4-5-9/h1-3,7,9-10H,4-6,8H2,(H,17,21)(H,18,22). The molecule has 22 heavy (non-hydrogen) atoms. The van der Waals surface area contributed by atoms with Gasteiger partial charge >= 0.3 is 0 Å². The van der Waals surface area contributed by atoms with Crippen LogP contribution in [0.3, 0.4) is 0 Å². The number of nitrogens with zero attached hydrogens (tertiary/aromatic N) is 1. The van der Waals surface area contributed by atoms with E-state index in [1.54, 1.807) is 29.2 Å². The molecule has 1 unspecified atom stereocenters. The number of hydrogen-bond donors (Lipinski definition) is 2. The van der Waals surface area contributed by atoms with Crippen molar-refractivity contribution in [1.82, 2.24) is 10.9 Å². The highest BCUT2D eigenvalue weighted by Crippen LogP contribution is 2.29. The maximum Gasteiger partial charge on any atom is 0.243 e. The molecular formula is C15H16ClN3O3. The third-order valence-electron chi connectivity index (χ3n) is 3.87. The molecule has 1 aromatic rings. The number of hydrogen-bond acceptors (Lipinski definition) is 3. The number of anilines is 1. The Hall–Kier alpha value is -2.08. The van der Waals surface area contributed by atoms with Gasteiger partial charge in [-0.15, -0.1) is 0 Å². The van der Waals surface area contributed by atoms with E-state index in [0.29, 0.717) is 10.7 Å². The van der Waals surface area contributed by atoms with Crippen molar-refractivity contribution in [2.75, 3.05) is 11.4 Å². The van der Waals surface area contributed by atoms with E-state index in [0.717, 1.165) is 12.8 Å². The number of carbonyl (C=O) groups excluding carboxylic acids is 3. The summed E-state index contributed by atoms with van der Waals surface area (Å²) < 4.78 is 0. The average molecular weight is 322 g/mol. The lowest BCUT2D eigenvalue weighted by Crippen LogP contribution is -2.45. The fraction of sp³-hybridized carbons (Fsp3) is 0.400. The third kappa shape index (κ3) is 3.22. The Morgan fingerprint density at radius 1 is 1.14 bits per heavy atom. The van der Waals surface area contributed by atoms with Gasteiger partial charge in [-0.2, -0.15) is 0 Å². The third-order valence-corrected chi connectivity index (χ3v) is 4.11. The first-order valence-corrected chi connectivity index (χ1v) is 7.58. The minimum atomic E-state index is -0.481. The van der Waals surface area contributed by atoms with E-state index in [-0.39, 0.29) is 36.6 Å². The summed E-state index contributed by atoms with van der Waals surface area (Å²) in [6.45, 7) is 0.282. The number of benzene rings is 1. The van der Waals surface area contributed by atoms with Crippen molar-refractivity contribution >= 4 is 35.0 Å². The molecule has 0 spiro atoms. The maximum absolute atomic E-state index is 12.1. The van der Waals surface area contributed by atoms with Crippen LogP contribution < -0.4 is 15.8 Å². The van der Waals surface area contributed by atoms with Crippen LogP contribution in [0.5, 0.6) is 0 Å². The minimum absolute atomic E-state index is 0.0217. The van der Waals surface area contributed by atoms with E-state index in [1.807, 2.05) is 0 Å². The largest absolute Gasteiger partial charge is 0.312 e. The van der Waals surface area contributed by atoms with Crippen molar-refractivity contribution in [2.45, 2.75) is 19.3 Å². The van der Waals surface area contributed by atoms with E-state index in [1.165, 1.54) is 0 Å². The second kappa shape index (κ2) is 5.96. The fourth-order valence-corrected chi connectivity index (χ4v) is 2.63. The Kier molecular flexibility index (Phi) is 4.02. The number of hydrazine groups is 1. The summed E-state index contributed by atoms with van der Waals surface area (Å²) in [4.78, 5) is 37.2. The van der Waals surface area contributed by atoms with Crippen molar-refractivity contribution < 1.29 is 14.4 Å². The van der Waals surface area contributed by atoms with Crippen molar-refractivity contribution in [3.05, 3.63) is 29.3 Å². The first-order valence-electron chi connectivity index (χ1n) is 7.20. The van der Waals surface area contributed by atoms with Gasteiger partial charge in [-0.3, -0.25) is 25.2 Å². The van der Waals surface area contributed by atoms with Crippen LogP contribution in [0, 0.1) is 11.8 Å². The molecule has 1 saturated carbocycles. The topological polar surface area (TPSA) is 78.5 Å². The van der Waals surface area contributed by atoms with Crippen LogP contribution in [0.1, 0.15) is 19.3 Å². The van der Waals surface area contributed by atoms with Gasteiger partial charge in [-0.1, -0.05) is 17.7 Å². The Balaban J connectivity index is 1.58. The van der Waals surface area contributed by atoms with Gasteiger partial charge in [0.2, 0.25) is 17.7 Å². The minimum Gasteiger partial charge on any atom is -0.312 e. The molecule has 1 saturated heterocycles. The van der Waals surface area contributed by atoms with E-state index in [2.05, 4.69) is 10.9 Å². The van der Waals surface area contributed by atoms with Gasteiger partial charge in [-0.25, -0.2) is 0 Å². The van der Waals surface area contributed by atoms with Crippen LogP contribution in [0.4, 0.5) is 5.69 Å². The number of amides is 3. The van der Waals surface area contributed by atoms with Crippen LogP contribution >= 0.6 is 11.6 Å². The van der Waals surface area contributed by atoms with Crippen LogP contribution in [0.2, 0.25) is 5.02 Å². The molecule has 1 aromatic carbocycles. The molecule has 0 radical (unpaired) electrons. The zero-order valence-corrected chi connectivity index (χ0v) is 12.6. The van der Waals surface area contributed by atoms with Gasteiger partial charge in [0.15, 0.2) is 0 Å². The van der Waals surface area contributed by atoms with Crippen LogP contribution in [0.15, 0.2) is 24.3 Å². The molecule has 2 fully saturated rings. The molecule has 6 nitrogen and oxygen atoms in total. The number of halogens is 1. The number of rotatable bonds is 3. The first-order chi connectivity index (χ1) is 10.5. The number of carbonyl (C=O) groups is 3. The Morgan fingerprint density at radius 3 is 2.45 bits per heavy atom. The van der Waals surface area contributed by atoms with Gasteiger partial charge in [0.25, 0.3) is 0 Å². The predicted octanol–water partition coefficient (Wildman–Crippen LogP) is 1.25. The quantitative estimate of drug-likeness (QED) is 0.822. The molecule has 2 N–H and O–H groups in total. The van der Waals surface area contributed by atoms with Gasteiger partial charge in [0, 0.05) is 29.6 Å². The van der Waals surface area contributed by atoms with Crippen LogP contribution in [-0.2, 0) is 14.4 Å². The molecule has 116 valence electrons. The molecule has 2 aliphatic rings. The lowest BCUT2D eigenvalue weighted by Gasteiger charge is -2.17. The van der Waals surface area contributed by atoms with E-state index in [4.69, 9.17) is 11.6 Å². The molecule has 1 atom stereocenters. The average Bonchev–Trinajstić information content (AvgIpc) is 3.27. The molecule has 0 bridgehead atoms. The molecular weight excluding hydrogens is 306 g/mol. The lowest BCUT2D eigenvalue weighted by molar-refractivity contribution is -0.131. The highest BCUT2D eigenvalue weighted by atomic mass is 35.5. The van der Waals surface area contributed by atoms with Crippen LogP contribution in [0.25, 0.3) is 0 Å². The van der Waals surface area contributed by atoms with Crippen molar-refractivity contribution in [3.8, 4) is 0 Å². The maximum atomic E-state index is 12.1. The molecule has 7 heteroatoms. The molecule has 0 aromatic heterocycles. The van der Waals surface area contributed by atoms with Gasteiger partial charge in [0.05, 0.1) is 5.92 Å². The second-order valence-electron chi connectivity index (χ2n) is 5.64. The highest BCUT2D eigenvalue weighted by molar-refractivity contribution is 6.31. The Labute approximate surface area is 132 Å². The van der Waals surface area contributed by atoms with Crippen molar-refractivity contribution in [2.24, 2.45) is 11.8 Å². The summed E-state index contributed by atoms with van der Waals surface area (Å²) in [5.74, 6) is -1.09. The highest BCUT2D eigenvalue weighted by Gasteiger charge is 2.36. The van der Waals surface area contributed by atoms with Crippen LogP contribution in [-0.4, -0.2) is 24.3 Å².